The first-order valence-electron chi connectivity index (χ1n) is 5.60. The molecule has 19 heavy (non-hydrogen) atoms. The number of nitrogens with two attached hydrogens (primary N) is 1. The normalized spacial score (nSPS) is 14.8. The lowest BCUT2D eigenvalue weighted by molar-refractivity contribution is 0.0923. The maximum Gasteiger partial charge on any atom is 0.253 e. The Morgan fingerprint density at radius 1 is 1.63 bits per heavy atom. The zero-order chi connectivity index (χ0) is 14.6. The Hall–Kier alpha value is -1.63. The molecule has 0 heterocycles. The maximum atomic E-state index is 13.4. The molecule has 5 nitrogen and oxygen atoms in total. The first kappa shape index (κ1) is 15.4. The van der Waals surface area contributed by atoms with Crippen LogP contribution in [0.1, 0.15) is 30.6 Å². The van der Waals surface area contributed by atoms with Crippen molar-refractivity contribution >= 4 is 27.7 Å². The Bertz CT molecular complexity index is 522. The fourth-order valence-corrected chi connectivity index (χ4v) is 1.89. The van der Waals surface area contributed by atoms with Gasteiger partial charge < -0.3 is 16.3 Å². The van der Waals surface area contributed by atoms with Crippen molar-refractivity contribution in [2.45, 2.75) is 25.8 Å². The summed E-state index contributed by atoms with van der Waals surface area (Å²) in [4.78, 5) is 12.1. The summed E-state index contributed by atoms with van der Waals surface area (Å²) < 4.78 is 13.4. The van der Waals surface area contributed by atoms with E-state index in [1.807, 2.05) is 0 Å². The highest BCUT2D eigenvalue weighted by atomic mass is 79.9. The summed E-state index contributed by atoms with van der Waals surface area (Å²) in [6.45, 7) is 3.39. The Balaban J connectivity index is 3.05. The van der Waals surface area contributed by atoms with Crippen molar-refractivity contribution in [3.05, 3.63) is 34.1 Å². The van der Waals surface area contributed by atoms with Gasteiger partial charge in [-0.15, -0.1) is 0 Å². The fraction of sp³-hybridized carbons (Fsp3) is 0.333. The van der Waals surface area contributed by atoms with Gasteiger partial charge in [-0.3, -0.25) is 4.79 Å². The smallest absolute Gasteiger partial charge is 0.253 e. The van der Waals surface area contributed by atoms with Gasteiger partial charge in [-0.25, -0.2) is 4.39 Å². The van der Waals surface area contributed by atoms with Crippen LogP contribution in [0.15, 0.2) is 27.8 Å². The lowest BCUT2D eigenvalue weighted by Gasteiger charge is -2.28. The van der Waals surface area contributed by atoms with Gasteiger partial charge >= 0.3 is 0 Å². The predicted octanol–water partition coefficient (Wildman–Crippen LogP) is 2.23. The molecule has 104 valence electrons. The lowest BCUT2D eigenvalue weighted by atomic mass is 9.97. The largest absolute Gasteiger partial charge is 0.409 e. The van der Waals surface area contributed by atoms with Gasteiger partial charge in [-0.2, -0.15) is 0 Å². The molecule has 0 saturated carbocycles. The van der Waals surface area contributed by atoms with Crippen LogP contribution in [0.2, 0.25) is 0 Å². The van der Waals surface area contributed by atoms with Crippen molar-refractivity contribution in [1.82, 2.24) is 5.32 Å². The van der Waals surface area contributed by atoms with E-state index in [0.717, 1.165) is 0 Å². The number of benzene rings is 1. The Kier molecular flexibility index (Phi) is 4.88. The van der Waals surface area contributed by atoms with Gasteiger partial charge in [-0.1, -0.05) is 18.1 Å². The zero-order valence-electron chi connectivity index (χ0n) is 10.6. The molecule has 0 spiro atoms. The van der Waals surface area contributed by atoms with Crippen LogP contribution in [0.5, 0.6) is 0 Å². The molecule has 1 unspecified atom stereocenters. The highest BCUT2D eigenvalue weighted by Crippen LogP contribution is 2.21. The standard InChI is InChI=1S/C12H15BrFN3O2/c1-3-12(2,11(15)17-19)16-10(18)7-5-4-6-8(14)9(7)13/h4-6,19H,3H2,1-2H3,(H2,15,17)(H,16,18). The van der Waals surface area contributed by atoms with E-state index in [9.17, 15) is 9.18 Å². The van der Waals surface area contributed by atoms with Crippen LogP contribution in [0, 0.1) is 5.82 Å². The number of carbonyl (C=O) groups is 1. The Morgan fingerprint density at radius 2 is 2.26 bits per heavy atom. The number of amides is 1. The fourth-order valence-electron chi connectivity index (χ4n) is 1.44. The van der Waals surface area contributed by atoms with Crippen molar-refractivity contribution in [3.63, 3.8) is 0 Å². The quantitative estimate of drug-likeness (QED) is 0.342. The molecule has 1 amide bonds. The summed E-state index contributed by atoms with van der Waals surface area (Å²) >= 11 is 3.02. The van der Waals surface area contributed by atoms with Crippen molar-refractivity contribution in [1.29, 1.82) is 0 Å². The van der Waals surface area contributed by atoms with E-state index in [2.05, 4.69) is 26.4 Å². The summed E-state index contributed by atoms with van der Waals surface area (Å²) in [7, 11) is 0. The number of rotatable bonds is 4. The maximum absolute atomic E-state index is 13.4. The minimum Gasteiger partial charge on any atom is -0.409 e. The van der Waals surface area contributed by atoms with Gasteiger partial charge in [-0.05, 0) is 41.4 Å². The number of nitrogens with zero attached hydrogens (tertiary/aromatic N) is 1. The molecule has 0 aliphatic heterocycles. The molecular weight excluding hydrogens is 317 g/mol. The Labute approximate surface area is 118 Å². The zero-order valence-corrected chi connectivity index (χ0v) is 12.2. The molecule has 1 aromatic carbocycles. The van der Waals surface area contributed by atoms with Gasteiger partial charge in [0, 0.05) is 0 Å². The number of amidine groups is 1. The van der Waals surface area contributed by atoms with Crippen LogP contribution in [0.3, 0.4) is 0 Å². The number of halogens is 2. The van der Waals surface area contributed by atoms with Crippen LogP contribution in [0.25, 0.3) is 0 Å². The average molecular weight is 332 g/mol. The van der Waals surface area contributed by atoms with Crippen molar-refractivity contribution in [2.75, 3.05) is 0 Å². The van der Waals surface area contributed by atoms with Crippen LogP contribution in [-0.2, 0) is 0 Å². The third-order valence-electron chi connectivity index (χ3n) is 2.97. The van der Waals surface area contributed by atoms with E-state index in [1.165, 1.54) is 18.2 Å². The van der Waals surface area contributed by atoms with E-state index >= 15 is 0 Å². The number of hydrogen-bond acceptors (Lipinski definition) is 3. The molecule has 0 bridgehead atoms. The molecular formula is C12H15BrFN3O2. The monoisotopic (exact) mass is 331 g/mol. The first-order chi connectivity index (χ1) is 8.85. The van der Waals surface area contributed by atoms with Crippen molar-refractivity contribution in [3.8, 4) is 0 Å². The summed E-state index contributed by atoms with van der Waals surface area (Å²) in [6, 6.07) is 4.15. The molecule has 0 aliphatic carbocycles. The SMILES string of the molecule is CCC(C)(NC(=O)c1cccc(F)c1Br)/C(N)=N/O. The van der Waals surface area contributed by atoms with E-state index in [4.69, 9.17) is 10.9 Å². The van der Waals surface area contributed by atoms with Crippen LogP contribution < -0.4 is 11.1 Å². The molecule has 4 N–H and O–H groups in total. The molecule has 1 rings (SSSR count). The van der Waals surface area contributed by atoms with Crippen LogP contribution in [0.4, 0.5) is 4.39 Å². The number of hydrogen-bond donors (Lipinski definition) is 3. The molecule has 0 aliphatic rings. The average Bonchev–Trinajstić information content (AvgIpc) is 2.40. The highest BCUT2D eigenvalue weighted by Gasteiger charge is 2.30. The Morgan fingerprint density at radius 3 is 2.79 bits per heavy atom. The third kappa shape index (κ3) is 3.23. The third-order valence-corrected chi connectivity index (χ3v) is 3.77. The van der Waals surface area contributed by atoms with Gasteiger partial charge in [0.2, 0.25) is 0 Å². The van der Waals surface area contributed by atoms with Crippen molar-refractivity contribution < 1.29 is 14.4 Å². The van der Waals surface area contributed by atoms with Gasteiger partial charge in [0.15, 0.2) is 5.84 Å². The van der Waals surface area contributed by atoms with E-state index in [1.54, 1.807) is 13.8 Å². The highest BCUT2D eigenvalue weighted by molar-refractivity contribution is 9.10. The van der Waals surface area contributed by atoms with Crippen LogP contribution in [-0.4, -0.2) is 22.5 Å². The second kappa shape index (κ2) is 6.01. The minimum absolute atomic E-state index is 0.0745. The second-order valence-electron chi connectivity index (χ2n) is 4.23. The van der Waals surface area contributed by atoms with Gasteiger partial charge in [0.25, 0.3) is 5.91 Å². The lowest BCUT2D eigenvalue weighted by Crippen LogP contribution is -2.55. The molecule has 7 heteroatoms. The van der Waals surface area contributed by atoms with E-state index < -0.39 is 17.3 Å². The van der Waals surface area contributed by atoms with E-state index in [0.29, 0.717) is 6.42 Å². The summed E-state index contributed by atoms with van der Waals surface area (Å²) in [6.07, 6.45) is 0.418. The molecule has 0 radical (unpaired) electrons. The topological polar surface area (TPSA) is 87.7 Å². The first-order valence-corrected chi connectivity index (χ1v) is 6.39. The number of oxime groups is 1. The van der Waals surface area contributed by atoms with Gasteiger partial charge in [0.1, 0.15) is 5.82 Å². The molecule has 0 fully saturated rings. The summed E-state index contributed by atoms with van der Waals surface area (Å²) in [5, 5.41) is 14.3. The van der Waals surface area contributed by atoms with Crippen molar-refractivity contribution in [2.24, 2.45) is 10.9 Å². The van der Waals surface area contributed by atoms with Gasteiger partial charge in [0.05, 0.1) is 15.6 Å². The van der Waals surface area contributed by atoms with E-state index in [-0.39, 0.29) is 15.9 Å². The summed E-state index contributed by atoms with van der Waals surface area (Å²) in [5.74, 6) is -1.16. The molecule has 1 aromatic rings. The molecule has 0 saturated heterocycles. The second-order valence-corrected chi connectivity index (χ2v) is 5.02. The van der Waals surface area contributed by atoms with Crippen LogP contribution >= 0.6 is 15.9 Å². The number of nitrogens with one attached hydrogen (secondary N) is 1. The summed E-state index contributed by atoms with van der Waals surface area (Å²) in [5.41, 5.74) is 4.70. The minimum atomic E-state index is -1.00. The predicted molar refractivity (Wildman–Crippen MR) is 73.7 cm³/mol. The molecule has 1 atom stereocenters. The molecule has 0 aromatic heterocycles. The number of carbonyl (C=O) groups excluding carboxylic acids is 1.